The summed E-state index contributed by atoms with van der Waals surface area (Å²) in [5.41, 5.74) is -0.521. The van der Waals surface area contributed by atoms with Crippen molar-refractivity contribution in [3.8, 4) is 17.6 Å². The molecular formula is C50H53FN7O7P. The largest absolute Gasteiger partial charge is 0.497 e. The first-order chi connectivity index (χ1) is 32.0. The molecule has 1 N–H and O–H groups in total. The highest BCUT2D eigenvalue weighted by molar-refractivity contribution is 7.44. The maximum Gasteiger partial charge on any atom is 0.260 e. The predicted octanol–water partition coefficient (Wildman–Crippen LogP) is 9.53. The summed E-state index contributed by atoms with van der Waals surface area (Å²) in [6.07, 6.45) is -0.394. The lowest BCUT2D eigenvalue weighted by Gasteiger charge is -2.44. The number of fused-ring (bicyclic) bond motifs is 4. The number of ether oxygens (including phenoxy) is 4. The zero-order valence-corrected chi connectivity index (χ0v) is 38.6. The van der Waals surface area contributed by atoms with E-state index < -0.39 is 43.8 Å². The molecule has 0 radical (unpaired) electrons. The minimum absolute atomic E-state index is 0.0555. The van der Waals surface area contributed by atoms with Crippen LogP contribution < -0.4 is 14.8 Å². The quantitative estimate of drug-likeness (QED) is 0.0496. The average molecular weight is 914 g/mol. The third kappa shape index (κ3) is 7.89. The summed E-state index contributed by atoms with van der Waals surface area (Å²) in [6, 6.07) is 36.4. The molecule has 1 aliphatic heterocycles. The molecule has 342 valence electrons. The van der Waals surface area contributed by atoms with Gasteiger partial charge in [0.25, 0.3) is 14.4 Å². The molecule has 1 amide bonds. The lowest BCUT2D eigenvalue weighted by atomic mass is 9.79. The molecule has 66 heavy (non-hydrogen) atoms. The number of halogens is 1. The van der Waals surface area contributed by atoms with Gasteiger partial charge in [0.05, 0.1) is 39.6 Å². The maximum absolute atomic E-state index is 18.6. The number of methoxy groups -OCH3 is 2. The third-order valence-corrected chi connectivity index (χ3v) is 15.1. The fraction of sp³-hybridized carbons (Fsp3) is 0.380. The van der Waals surface area contributed by atoms with Gasteiger partial charge in [-0.25, -0.2) is 24.0 Å². The van der Waals surface area contributed by atoms with Gasteiger partial charge < -0.3 is 33.3 Å². The first kappa shape index (κ1) is 45.3. The number of hydrogen-bond donors (Lipinski definition) is 1. The number of imidazole rings is 1. The highest BCUT2D eigenvalue weighted by atomic mass is 31.2. The van der Waals surface area contributed by atoms with Gasteiger partial charge in [-0.1, -0.05) is 72.8 Å². The molecule has 3 fully saturated rings. The second-order valence-electron chi connectivity index (χ2n) is 17.4. The van der Waals surface area contributed by atoms with Crippen molar-refractivity contribution in [3.63, 3.8) is 0 Å². The third-order valence-electron chi connectivity index (χ3n) is 12.9. The Balaban J connectivity index is 1.19. The van der Waals surface area contributed by atoms with Gasteiger partial charge in [-0.3, -0.25) is 9.36 Å². The van der Waals surface area contributed by atoms with Crippen LogP contribution in [0.1, 0.15) is 80.2 Å². The van der Waals surface area contributed by atoms with Gasteiger partial charge in [-0.15, -0.1) is 0 Å². The minimum Gasteiger partial charge on any atom is -0.497 e. The van der Waals surface area contributed by atoms with E-state index in [2.05, 4.69) is 31.0 Å². The fourth-order valence-corrected chi connectivity index (χ4v) is 11.7. The molecule has 0 spiro atoms. The zero-order valence-electron chi connectivity index (χ0n) is 37.7. The van der Waals surface area contributed by atoms with E-state index in [1.54, 1.807) is 43.1 Å². The van der Waals surface area contributed by atoms with Crippen LogP contribution in [0.4, 0.5) is 10.2 Å². The van der Waals surface area contributed by atoms with Crippen molar-refractivity contribution < 1.29 is 37.2 Å². The molecule has 2 aliphatic carbocycles. The van der Waals surface area contributed by atoms with Crippen LogP contribution in [-0.2, 0) is 24.1 Å². The van der Waals surface area contributed by atoms with Gasteiger partial charge in [0, 0.05) is 17.6 Å². The van der Waals surface area contributed by atoms with Crippen molar-refractivity contribution in [2.24, 2.45) is 5.92 Å². The van der Waals surface area contributed by atoms with E-state index in [1.165, 1.54) is 12.7 Å². The molecule has 3 aliphatic rings. The molecule has 3 heterocycles. The van der Waals surface area contributed by atoms with Crippen molar-refractivity contribution in [2.75, 3.05) is 26.1 Å². The Bertz CT molecular complexity index is 2630. The van der Waals surface area contributed by atoms with E-state index >= 15 is 4.39 Å². The number of hydrogen-bond acceptors (Lipinski definition) is 12. The van der Waals surface area contributed by atoms with Gasteiger partial charge in [0.15, 0.2) is 29.4 Å². The van der Waals surface area contributed by atoms with Crippen molar-refractivity contribution in [3.05, 3.63) is 144 Å². The number of carbonyl (C=O) groups is 1. The van der Waals surface area contributed by atoms with E-state index in [1.807, 2.05) is 113 Å². The van der Waals surface area contributed by atoms with Crippen LogP contribution in [-0.4, -0.2) is 86.5 Å². The number of nitrogens with one attached hydrogen (secondary N) is 1. The monoisotopic (exact) mass is 913 g/mol. The Morgan fingerprint density at radius 3 is 2.06 bits per heavy atom. The Labute approximate surface area is 385 Å². The lowest BCUT2D eigenvalue weighted by molar-refractivity contribution is -0.161. The Morgan fingerprint density at radius 1 is 0.879 bits per heavy atom. The Hall–Kier alpha value is -5.85. The normalized spacial score (nSPS) is 23.7. The first-order valence-electron chi connectivity index (χ1n) is 22.1. The smallest absolute Gasteiger partial charge is 0.260 e. The molecule has 0 unspecified atom stereocenters. The SMILES string of the molecule is COc1ccc(C(O[C@]23C[C@H]2C[C@@]2(O[P@@](OCCC#N)N(C(C)C)C(C)C)[C@@H]3O[C@@H](n3cnc4c(NC(=O)c5ccccc5)ncnc43)[C@H]2F)(c2ccccc2)c2ccc(OC)cc2)cc1. The highest BCUT2D eigenvalue weighted by Crippen LogP contribution is 2.73. The van der Waals surface area contributed by atoms with E-state index in [0.29, 0.717) is 23.5 Å². The summed E-state index contributed by atoms with van der Waals surface area (Å²) >= 11 is 0. The van der Waals surface area contributed by atoms with Crippen LogP contribution in [0.25, 0.3) is 11.2 Å². The molecule has 4 aromatic carbocycles. The molecule has 0 bridgehead atoms. The number of nitrogens with zero attached hydrogens (tertiary/aromatic N) is 6. The topological polar surface area (TPSA) is 155 Å². The number of amides is 1. The predicted molar refractivity (Wildman–Crippen MR) is 246 cm³/mol. The Morgan fingerprint density at radius 2 is 1.47 bits per heavy atom. The molecule has 6 aromatic rings. The average Bonchev–Trinajstić information content (AvgIpc) is 3.55. The molecule has 2 aromatic heterocycles. The number of carbonyl (C=O) groups excluding carboxylic acids is 1. The van der Waals surface area contributed by atoms with Crippen LogP contribution in [0, 0.1) is 17.2 Å². The van der Waals surface area contributed by atoms with Crippen molar-refractivity contribution >= 4 is 31.4 Å². The summed E-state index contributed by atoms with van der Waals surface area (Å²) in [4.78, 5) is 26.8. The highest BCUT2D eigenvalue weighted by Gasteiger charge is 2.82. The van der Waals surface area contributed by atoms with Crippen LogP contribution >= 0.6 is 8.53 Å². The fourth-order valence-electron chi connectivity index (χ4n) is 9.87. The Kier molecular flexibility index (Phi) is 12.7. The van der Waals surface area contributed by atoms with Gasteiger partial charge in [0.1, 0.15) is 40.7 Å². The van der Waals surface area contributed by atoms with Crippen LogP contribution in [0.2, 0.25) is 0 Å². The number of anilines is 1. The van der Waals surface area contributed by atoms with Crippen molar-refractivity contribution in [1.82, 2.24) is 24.2 Å². The van der Waals surface area contributed by atoms with Gasteiger partial charge in [-0.2, -0.15) is 5.26 Å². The summed E-state index contributed by atoms with van der Waals surface area (Å²) < 4.78 is 62.2. The lowest BCUT2D eigenvalue weighted by Crippen LogP contribution is -2.52. The number of aromatic nitrogens is 4. The molecule has 1 saturated heterocycles. The zero-order chi connectivity index (χ0) is 46.2. The first-order valence-corrected chi connectivity index (χ1v) is 23.3. The van der Waals surface area contributed by atoms with E-state index in [0.717, 1.165) is 16.7 Å². The van der Waals surface area contributed by atoms with Gasteiger partial charge >= 0.3 is 0 Å². The number of alkyl halides is 1. The van der Waals surface area contributed by atoms with E-state index in [4.69, 9.17) is 28.0 Å². The van der Waals surface area contributed by atoms with Crippen LogP contribution in [0.5, 0.6) is 11.5 Å². The van der Waals surface area contributed by atoms with Gasteiger partial charge in [-0.05, 0) is 99.5 Å². The molecule has 9 rings (SSSR count). The molecule has 14 nitrogen and oxygen atoms in total. The van der Waals surface area contributed by atoms with Crippen molar-refractivity contribution in [1.29, 1.82) is 5.26 Å². The van der Waals surface area contributed by atoms with E-state index in [9.17, 15) is 10.1 Å². The maximum atomic E-state index is 18.6. The molecule has 7 atom stereocenters. The minimum atomic E-state index is -1.96. The second kappa shape index (κ2) is 18.4. The number of nitriles is 1. The van der Waals surface area contributed by atoms with Gasteiger partial charge in [0.2, 0.25) is 0 Å². The summed E-state index contributed by atoms with van der Waals surface area (Å²) in [7, 11) is 1.30. The summed E-state index contributed by atoms with van der Waals surface area (Å²) in [6.45, 7) is 8.27. The number of benzene rings is 4. The van der Waals surface area contributed by atoms with Crippen LogP contribution in [0.3, 0.4) is 0 Å². The van der Waals surface area contributed by atoms with E-state index in [-0.39, 0.29) is 60.3 Å². The van der Waals surface area contributed by atoms with Crippen molar-refractivity contribution in [2.45, 2.75) is 94.3 Å². The molecule has 16 heteroatoms. The standard InChI is InChI=1S/C50H53FN7O7P/c1-32(2)58(33(3)4)66(62-27-13-26-52)65-49-29-38-28-48(38,64-50(35-16-11-8-12-17-35,36-18-22-39(60-5)23-19-36)37-20-24-40(61-6)25-21-37)47(49)63-46(42(49)51)57-31-55-41-43(53-30-54-44(41)57)56-45(59)34-14-9-7-10-15-34/h7-12,14-25,30-33,38,42,46-47H,13,27-29H2,1-6H3,(H,53,54,56,59)/t38-,42+,46+,47+,48+,49-,66+/m0/s1. The summed E-state index contributed by atoms with van der Waals surface area (Å²) in [5.74, 6) is 0.950. The van der Waals surface area contributed by atoms with Crippen LogP contribution in [0.15, 0.2) is 122 Å². The summed E-state index contributed by atoms with van der Waals surface area (Å²) in [5, 5.41) is 12.4. The molecular weight excluding hydrogens is 861 g/mol. The molecule has 2 saturated carbocycles. The number of rotatable bonds is 18. The second-order valence-corrected chi connectivity index (χ2v) is 18.8.